The lowest BCUT2D eigenvalue weighted by Crippen LogP contribution is -2.23. The highest BCUT2D eigenvalue weighted by molar-refractivity contribution is 6.35. The first kappa shape index (κ1) is 30.8. The van der Waals surface area contributed by atoms with Gasteiger partial charge < -0.3 is 14.0 Å². The molecule has 5 heterocycles. The van der Waals surface area contributed by atoms with Crippen LogP contribution < -0.4 is 4.74 Å². The molecule has 0 fully saturated rings. The standard InChI is InChI=1S/C38H37ClFN5O3/c1-22-32(21-46)44-13-4-15-47-34-18-24(17-25-19-26(40)6-9-29(25)34)5-8-28-20-27(42-43(28)3)7-12-33-38-36(23(2)41-45(38)14-16-48-33)37-30(39)10-11-31(44)35(22)37/h6,9-11,17-21,33H,4-5,7-8,12-16H2,1-3H3. The number of carbonyl (C=O) groups excluding carboxylic acids is 1. The van der Waals surface area contributed by atoms with Gasteiger partial charge >= 0.3 is 0 Å². The molecule has 3 aromatic carbocycles. The number of aryl methyl sites for hydroxylation is 7. The maximum Gasteiger partial charge on any atom is 0.166 e. The van der Waals surface area contributed by atoms with Gasteiger partial charge in [0, 0.05) is 51.7 Å². The first-order chi connectivity index (χ1) is 23.3. The average Bonchev–Trinajstić information content (AvgIpc) is 3.69. The number of benzene rings is 3. The van der Waals surface area contributed by atoms with Gasteiger partial charge in [0.15, 0.2) is 6.29 Å². The van der Waals surface area contributed by atoms with Gasteiger partial charge in [-0.05, 0) is 105 Å². The molecule has 2 aliphatic heterocycles. The Morgan fingerprint density at radius 1 is 0.979 bits per heavy atom. The monoisotopic (exact) mass is 665 g/mol. The molecule has 0 N–H and O–H groups in total. The summed E-state index contributed by atoms with van der Waals surface area (Å²) in [5.41, 5.74) is 9.43. The molecular weight excluding hydrogens is 629 g/mol. The zero-order chi connectivity index (χ0) is 33.1. The quantitative estimate of drug-likeness (QED) is 0.167. The number of hydrogen-bond acceptors (Lipinski definition) is 5. The molecule has 8 bridgehead atoms. The van der Waals surface area contributed by atoms with Gasteiger partial charge in [-0.2, -0.15) is 10.2 Å². The Morgan fingerprint density at radius 2 is 1.85 bits per heavy atom. The van der Waals surface area contributed by atoms with Crippen molar-refractivity contribution in [2.45, 2.75) is 65.1 Å². The number of fused-ring (bicyclic) bond motifs is 7. The second kappa shape index (κ2) is 12.2. The normalized spacial score (nSPS) is 16.9. The lowest BCUT2D eigenvalue weighted by atomic mass is 9.93. The number of hydrogen-bond donors (Lipinski definition) is 0. The van der Waals surface area contributed by atoms with E-state index >= 15 is 0 Å². The van der Waals surface area contributed by atoms with E-state index in [4.69, 9.17) is 31.3 Å². The third-order valence-corrected chi connectivity index (χ3v) is 10.3. The van der Waals surface area contributed by atoms with Crippen LogP contribution in [0.3, 0.4) is 0 Å². The molecule has 0 spiro atoms. The Kier molecular flexibility index (Phi) is 7.84. The van der Waals surface area contributed by atoms with Gasteiger partial charge in [-0.3, -0.25) is 14.2 Å². The Balaban J connectivity index is 1.27. The Morgan fingerprint density at radius 3 is 2.71 bits per heavy atom. The summed E-state index contributed by atoms with van der Waals surface area (Å²) in [5.74, 6) is 0.454. The van der Waals surface area contributed by atoms with E-state index in [1.54, 1.807) is 12.1 Å². The third-order valence-electron chi connectivity index (χ3n) is 10.0. The summed E-state index contributed by atoms with van der Waals surface area (Å²) in [6.45, 7) is 6.26. The number of ether oxygens (including phenoxy) is 2. The van der Waals surface area contributed by atoms with Crippen molar-refractivity contribution in [3.05, 3.63) is 99.0 Å². The SMILES string of the molecule is Cc1nn2c3c1-c1c(Cl)ccc4c1c(C)c(C=O)n4CCCOc1cc(cc4cc(F)ccc14)CCc1cc(nn1C)CCC3OCC2. The summed E-state index contributed by atoms with van der Waals surface area (Å²) < 4.78 is 33.3. The molecule has 8 rings (SSSR count). The van der Waals surface area contributed by atoms with Gasteiger partial charge in [0.1, 0.15) is 17.7 Å². The van der Waals surface area contributed by atoms with E-state index in [1.807, 2.05) is 37.7 Å². The molecule has 1 atom stereocenters. The Hall–Kier alpha value is -4.47. The maximum atomic E-state index is 14.3. The van der Waals surface area contributed by atoms with Crippen LogP contribution in [0.5, 0.6) is 5.75 Å². The van der Waals surface area contributed by atoms with Gasteiger partial charge in [-0.25, -0.2) is 4.39 Å². The number of carbonyl (C=O) groups is 1. The molecule has 48 heavy (non-hydrogen) atoms. The maximum absolute atomic E-state index is 14.3. The molecule has 2 aliphatic rings. The highest BCUT2D eigenvalue weighted by Crippen LogP contribution is 2.45. The van der Waals surface area contributed by atoms with E-state index in [0.29, 0.717) is 43.4 Å². The number of aromatic nitrogens is 5. The largest absolute Gasteiger partial charge is 0.493 e. The minimum atomic E-state index is -0.276. The van der Waals surface area contributed by atoms with Crippen molar-refractivity contribution >= 4 is 39.6 Å². The Bertz CT molecular complexity index is 2230. The van der Waals surface area contributed by atoms with Gasteiger partial charge in [0.2, 0.25) is 0 Å². The van der Waals surface area contributed by atoms with Crippen molar-refractivity contribution in [3.63, 3.8) is 0 Å². The molecule has 0 radical (unpaired) electrons. The summed E-state index contributed by atoms with van der Waals surface area (Å²) in [6, 6.07) is 15.0. The minimum Gasteiger partial charge on any atom is -0.493 e. The molecule has 3 aromatic heterocycles. The topological polar surface area (TPSA) is 76.1 Å². The van der Waals surface area contributed by atoms with Crippen LogP contribution in [0.2, 0.25) is 5.02 Å². The first-order valence-corrected chi connectivity index (χ1v) is 17.0. The molecule has 0 amide bonds. The lowest BCUT2D eigenvalue weighted by molar-refractivity contribution is 0.0120. The van der Waals surface area contributed by atoms with Crippen LogP contribution in [0.4, 0.5) is 4.39 Å². The average molecular weight is 666 g/mol. The number of aldehydes is 1. The molecule has 6 aromatic rings. The molecule has 246 valence electrons. The highest BCUT2D eigenvalue weighted by atomic mass is 35.5. The summed E-state index contributed by atoms with van der Waals surface area (Å²) in [5, 5.41) is 13.1. The van der Waals surface area contributed by atoms with E-state index in [1.165, 1.54) is 6.07 Å². The highest BCUT2D eigenvalue weighted by Gasteiger charge is 2.31. The number of rotatable bonds is 1. The van der Waals surface area contributed by atoms with Crippen molar-refractivity contribution in [3.8, 4) is 16.9 Å². The van der Waals surface area contributed by atoms with Crippen LogP contribution >= 0.6 is 11.6 Å². The molecular formula is C38H37ClFN5O3. The number of halogens is 2. The van der Waals surface area contributed by atoms with Crippen LogP contribution in [0, 0.1) is 19.7 Å². The fraction of sp³-hybridized carbons (Fsp3) is 0.342. The minimum absolute atomic E-state index is 0.192. The van der Waals surface area contributed by atoms with Crippen molar-refractivity contribution < 1.29 is 18.7 Å². The van der Waals surface area contributed by atoms with E-state index in [-0.39, 0.29) is 11.9 Å². The predicted molar refractivity (Wildman–Crippen MR) is 185 cm³/mol. The first-order valence-electron chi connectivity index (χ1n) is 16.6. The lowest BCUT2D eigenvalue weighted by Gasteiger charge is -2.26. The van der Waals surface area contributed by atoms with Crippen LogP contribution in [-0.2, 0) is 44.1 Å². The molecule has 0 aliphatic carbocycles. The summed E-state index contributed by atoms with van der Waals surface area (Å²) in [6.07, 6.45) is 4.41. The fourth-order valence-corrected chi connectivity index (χ4v) is 8.02. The summed E-state index contributed by atoms with van der Waals surface area (Å²) >= 11 is 7.07. The van der Waals surface area contributed by atoms with Crippen molar-refractivity contribution in [2.75, 3.05) is 13.2 Å². The van der Waals surface area contributed by atoms with Crippen LogP contribution in [0.1, 0.15) is 63.3 Å². The van der Waals surface area contributed by atoms with E-state index in [2.05, 4.69) is 27.4 Å². The molecule has 8 nitrogen and oxygen atoms in total. The summed E-state index contributed by atoms with van der Waals surface area (Å²) in [7, 11) is 1.99. The second-order valence-electron chi connectivity index (χ2n) is 13.0. The van der Waals surface area contributed by atoms with Gasteiger partial charge in [0.25, 0.3) is 0 Å². The summed E-state index contributed by atoms with van der Waals surface area (Å²) in [4.78, 5) is 12.6. The van der Waals surface area contributed by atoms with Gasteiger partial charge in [-0.15, -0.1) is 0 Å². The Labute approximate surface area is 283 Å². The van der Waals surface area contributed by atoms with Crippen LogP contribution in [0.25, 0.3) is 32.8 Å². The van der Waals surface area contributed by atoms with Crippen molar-refractivity contribution in [1.29, 1.82) is 0 Å². The van der Waals surface area contributed by atoms with Crippen LogP contribution in [0.15, 0.2) is 48.5 Å². The van der Waals surface area contributed by atoms with Crippen LogP contribution in [-0.4, -0.2) is 43.6 Å². The third kappa shape index (κ3) is 5.20. The van der Waals surface area contributed by atoms with Gasteiger partial charge in [0.05, 0.1) is 42.5 Å². The van der Waals surface area contributed by atoms with Crippen molar-refractivity contribution in [2.24, 2.45) is 7.05 Å². The van der Waals surface area contributed by atoms with Crippen molar-refractivity contribution in [1.82, 2.24) is 24.1 Å². The molecule has 10 heteroatoms. The van der Waals surface area contributed by atoms with Gasteiger partial charge in [-0.1, -0.05) is 17.7 Å². The fourth-order valence-electron chi connectivity index (χ4n) is 7.77. The van der Waals surface area contributed by atoms with E-state index in [9.17, 15) is 9.18 Å². The molecule has 0 saturated heterocycles. The predicted octanol–water partition coefficient (Wildman–Crippen LogP) is 7.89. The smallest absolute Gasteiger partial charge is 0.166 e. The van der Waals surface area contributed by atoms with E-state index < -0.39 is 0 Å². The molecule has 0 saturated carbocycles. The second-order valence-corrected chi connectivity index (χ2v) is 13.4. The zero-order valence-corrected chi connectivity index (χ0v) is 28.1. The molecule has 1 unspecified atom stereocenters. The zero-order valence-electron chi connectivity index (χ0n) is 27.4. The van der Waals surface area contributed by atoms with E-state index in [0.717, 1.165) is 104 Å². The number of nitrogens with zero attached hydrogens (tertiary/aromatic N) is 5.